The van der Waals surface area contributed by atoms with Crippen molar-refractivity contribution in [2.24, 2.45) is 5.92 Å². The van der Waals surface area contributed by atoms with E-state index in [9.17, 15) is 14.0 Å². The highest BCUT2D eigenvalue weighted by Crippen LogP contribution is 2.26. The second-order valence-electron chi connectivity index (χ2n) is 7.24. The van der Waals surface area contributed by atoms with Crippen LogP contribution in [0.5, 0.6) is 0 Å². The molecule has 0 aliphatic heterocycles. The number of amides is 2. The van der Waals surface area contributed by atoms with Gasteiger partial charge in [0, 0.05) is 0 Å². The summed E-state index contributed by atoms with van der Waals surface area (Å²) in [6.45, 7) is 3.98. The summed E-state index contributed by atoms with van der Waals surface area (Å²) in [5, 5.41) is 5.45. The molecule has 0 bridgehead atoms. The molecule has 0 aliphatic carbocycles. The molecule has 4 N–H and O–H groups in total. The Labute approximate surface area is 174 Å². The Hall–Kier alpha value is -3.74. The number of carbonyl (C=O) groups is 2. The normalized spacial score (nSPS) is 11.7. The van der Waals surface area contributed by atoms with Crippen LogP contribution in [0.1, 0.15) is 35.8 Å². The minimum Gasteiger partial charge on any atom is -0.397 e. The maximum atomic E-state index is 13.1. The highest BCUT2D eigenvalue weighted by Gasteiger charge is 2.24. The van der Waals surface area contributed by atoms with Gasteiger partial charge in [-0.1, -0.05) is 44.2 Å². The molecule has 7 heteroatoms. The van der Waals surface area contributed by atoms with Crippen LogP contribution >= 0.6 is 0 Å². The molecule has 154 valence electrons. The van der Waals surface area contributed by atoms with E-state index < -0.39 is 11.7 Å². The van der Waals surface area contributed by atoms with Gasteiger partial charge in [-0.3, -0.25) is 9.59 Å². The van der Waals surface area contributed by atoms with Gasteiger partial charge in [-0.15, -0.1) is 0 Å². The van der Waals surface area contributed by atoms with Crippen molar-refractivity contribution in [3.05, 3.63) is 83.9 Å². The number of carbonyl (C=O) groups excluding carboxylic acids is 2. The number of nitrogen functional groups attached to an aromatic ring is 1. The van der Waals surface area contributed by atoms with E-state index in [-0.39, 0.29) is 29.1 Å². The van der Waals surface area contributed by atoms with Crippen LogP contribution in [-0.2, 0) is 4.79 Å². The van der Waals surface area contributed by atoms with Gasteiger partial charge in [0.15, 0.2) is 0 Å². The van der Waals surface area contributed by atoms with Crippen molar-refractivity contribution < 1.29 is 14.0 Å². The standard InChI is InChI=1S/C23H23FN4O2/c1-14(2)21(15-6-4-3-5-7-15)23(30)27-17-9-11-20(26-13-17)22(29)28-19-10-8-16(24)12-18(19)25/h3-14,21H,25H2,1-2H3,(H,27,30)(H,28,29). The summed E-state index contributed by atoms with van der Waals surface area (Å²) in [4.78, 5) is 29.3. The fourth-order valence-corrected chi connectivity index (χ4v) is 3.16. The van der Waals surface area contributed by atoms with Gasteiger partial charge in [-0.05, 0) is 41.8 Å². The summed E-state index contributed by atoms with van der Waals surface area (Å²) in [6.07, 6.45) is 1.42. The molecule has 0 fully saturated rings. The monoisotopic (exact) mass is 406 g/mol. The summed E-state index contributed by atoms with van der Waals surface area (Å²) < 4.78 is 13.1. The average Bonchev–Trinajstić information content (AvgIpc) is 2.71. The molecule has 0 aliphatic rings. The molecule has 0 spiro atoms. The third kappa shape index (κ3) is 5.00. The number of rotatable bonds is 6. The second kappa shape index (κ2) is 9.17. The first kappa shape index (κ1) is 21.0. The van der Waals surface area contributed by atoms with Crippen LogP contribution in [0.2, 0.25) is 0 Å². The number of pyridine rings is 1. The summed E-state index contributed by atoms with van der Waals surface area (Å²) in [6, 6.07) is 16.4. The van der Waals surface area contributed by atoms with Crippen molar-refractivity contribution in [3.63, 3.8) is 0 Å². The van der Waals surface area contributed by atoms with Gasteiger partial charge in [-0.2, -0.15) is 0 Å². The lowest BCUT2D eigenvalue weighted by molar-refractivity contribution is -0.118. The highest BCUT2D eigenvalue weighted by atomic mass is 19.1. The minimum absolute atomic E-state index is 0.103. The van der Waals surface area contributed by atoms with Crippen LogP contribution < -0.4 is 16.4 Å². The minimum atomic E-state index is -0.490. The molecular formula is C23H23FN4O2. The van der Waals surface area contributed by atoms with Crippen molar-refractivity contribution in [3.8, 4) is 0 Å². The van der Waals surface area contributed by atoms with Gasteiger partial charge < -0.3 is 16.4 Å². The van der Waals surface area contributed by atoms with Crippen molar-refractivity contribution in [2.45, 2.75) is 19.8 Å². The molecule has 1 aromatic heterocycles. The Kier molecular flexibility index (Phi) is 6.41. The number of nitrogens with two attached hydrogens (primary N) is 1. The fourth-order valence-electron chi connectivity index (χ4n) is 3.16. The molecule has 3 aromatic rings. The van der Waals surface area contributed by atoms with E-state index >= 15 is 0 Å². The molecule has 3 rings (SSSR count). The van der Waals surface area contributed by atoms with Crippen LogP contribution in [0.4, 0.5) is 21.5 Å². The zero-order valence-corrected chi connectivity index (χ0v) is 16.7. The number of nitrogens with one attached hydrogen (secondary N) is 2. The zero-order valence-electron chi connectivity index (χ0n) is 16.7. The number of nitrogens with zero attached hydrogens (tertiary/aromatic N) is 1. The van der Waals surface area contributed by atoms with E-state index in [1.807, 2.05) is 44.2 Å². The molecule has 1 atom stereocenters. The third-order valence-electron chi connectivity index (χ3n) is 4.63. The summed E-state index contributed by atoms with van der Waals surface area (Å²) in [7, 11) is 0. The number of anilines is 3. The Morgan fingerprint density at radius 1 is 1.00 bits per heavy atom. The lowest BCUT2D eigenvalue weighted by Gasteiger charge is -2.20. The molecular weight excluding hydrogens is 383 g/mol. The first-order valence-corrected chi connectivity index (χ1v) is 9.53. The van der Waals surface area contributed by atoms with Crippen molar-refractivity contribution in [2.75, 3.05) is 16.4 Å². The Morgan fingerprint density at radius 2 is 1.73 bits per heavy atom. The summed E-state index contributed by atoms with van der Waals surface area (Å²) >= 11 is 0. The Balaban J connectivity index is 1.69. The molecule has 1 unspecified atom stereocenters. The van der Waals surface area contributed by atoms with Crippen LogP contribution in [0.25, 0.3) is 0 Å². The predicted molar refractivity (Wildman–Crippen MR) is 116 cm³/mol. The summed E-state index contributed by atoms with van der Waals surface area (Å²) in [5.41, 5.74) is 7.68. The molecule has 6 nitrogen and oxygen atoms in total. The maximum Gasteiger partial charge on any atom is 0.274 e. The van der Waals surface area contributed by atoms with E-state index in [1.165, 1.54) is 24.4 Å². The van der Waals surface area contributed by atoms with Crippen LogP contribution in [0, 0.1) is 11.7 Å². The molecule has 1 heterocycles. The van der Waals surface area contributed by atoms with Crippen LogP contribution in [-0.4, -0.2) is 16.8 Å². The Bertz CT molecular complexity index is 1040. The van der Waals surface area contributed by atoms with E-state index in [4.69, 9.17) is 5.73 Å². The number of hydrogen-bond acceptors (Lipinski definition) is 4. The molecule has 2 amide bonds. The topological polar surface area (TPSA) is 97.1 Å². The molecule has 30 heavy (non-hydrogen) atoms. The van der Waals surface area contributed by atoms with Gasteiger partial charge in [0.05, 0.1) is 29.2 Å². The van der Waals surface area contributed by atoms with E-state index in [1.54, 1.807) is 6.07 Å². The number of benzene rings is 2. The van der Waals surface area contributed by atoms with E-state index in [0.717, 1.165) is 11.6 Å². The van der Waals surface area contributed by atoms with E-state index in [2.05, 4.69) is 15.6 Å². The molecule has 0 saturated heterocycles. The fraction of sp³-hybridized carbons (Fsp3) is 0.174. The lowest BCUT2D eigenvalue weighted by Crippen LogP contribution is -2.25. The van der Waals surface area contributed by atoms with Gasteiger partial charge >= 0.3 is 0 Å². The SMILES string of the molecule is CC(C)C(C(=O)Nc1ccc(C(=O)Nc2ccc(F)cc2N)nc1)c1ccccc1. The quantitative estimate of drug-likeness (QED) is 0.528. The van der Waals surface area contributed by atoms with Crippen molar-refractivity contribution in [1.82, 2.24) is 4.98 Å². The number of halogens is 1. The van der Waals surface area contributed by atoms with Crippen molar-refractivity contribution >= 4 is 28.9 Å². The highest BCUT2D eigenvalue weighted by molar-refractivity contribution is 6.04. The van der Waals surface area contributed by atoms with Crippen molar-refractivity contribution in [1.29, 1.82) is 0 Å². The average molecular weight is 406 g/mol. The van der Waals surface area contributed by atoms with E-state index in [0.29, 0.717) is 11.4 Å². The Morgan fingerprint density at radius 3 is 2.33 bits per heavy atom. The molecule has 0 radical (unpaired) electrons. The predicted octanol–water partition coefficient (Wildman–Crippen LogP) is 4.43. The number of aromatic nitrogens is 1. The lowest BCUT2D eigenvalue weighted by atomic mass is 9.87. The van der Waals surface area contributed by atoms with Crippen LogP contribution in [0.15, 0.2) is 66.9 Å². The van der Waals surface area contributed by atoms with Gasteiger partial charge in [0.25, 0.3) is 5.91 Å². The molecule has 0 saturated carbocycles. The maximum absolute atomic E-state index is 13.1. The van der Waals surface area contributed by atoms with Gasteiger partial charge in [0.2, 0.25) is 5.91 Å². The molecule has 2 aromatic carbocycles. The van der Waals surface area contributed by atoms with Crippen LogP contribution in [0.3, 0.4) is 0 Å². The van der Waals surface area contributed by atoms with Gasteiger partial charge in [0.1, 0.15) is 11.5 Å². The zero-order chi connectivity index (χ0) is 21.7. The first-order chi connectivity index (χ1) is 14.3. The largest absolute Gasteiger partial charge is 0.397 e. The van der Waals surface area contributed by atoms with Gasteiger partial charge in [-0.25, -0.2) is 9.37 Å². The summed E-state index contributed by atoms with van der Waals surface area (Å²) in [5.74, 6) is -1.33. The number of hydrogen-bond donors (Lipinski definition) is 3. The smallest absolute Gasteiger partial charge is 0.274 e. The second-order valence-corrected chi connectivity index (χ2v) is 7.24. The third-order valence-corrected chi connectivity index (χ3v) is 4.63. The first-order valence-electron chi connectivity index (χ1n) is 9.53.